The Hall–Kier alpha value is -1.65. The highest BCUT2D eigenvalue weighted by atomic mass is 16.2. The molecule has 110 valence electrons. The number of amides is 3. The van der Waals surface area contributed by atoms with Gasteiger partial charge in [-0.15, -0.1) is 0 Å². The summed E-state index contributed by atoms with van der Waals surface area (Å²) in [6, 6.07) is 0. The van der Waals surface area contributed by atoms with Crippen LogP contribution in [0.15, 0.2) is 12.2 Å². The number of hydrogen-bond acceptors (Lipinski definition) is 3. The predicted molar refractivity (Wildman–Crippen MR) is 76.5 cm³/mol. The van der Waals surface area contributed by atoms with E-state index in [0.717, 1.165) is 11.3 Å². The minimum Gasteiger partial charge on any atom is -0.356 e. The molecule has 1 heterocycles. The molecule has 0 saturated carbocycles. The van der Waals surface area contributed by atoms with E-state index in [-0.39, 0.29) is 30.7 Å². The fourth-order valence-corrected chi connectivity index (χ4v) is 1.22. The number of nitrogens with one attached hydrogen (secondary N) is 1. The monoisotopic (exact) mass is 270 g/mol. The van der Waals surface area contributed by atoms with E-state index >= 15 is 0 Å². The van der Waals surface area contributed by atoms with Gasteiger partial charge in [0.2, 0.25) is 5.91 Å². The highest BCUT2D eigenvalue weighted by Crippen LogP contribution is 2.03. The Labute approximate surface area is 116 Å². The van der Waals surface area contributed by atoms with Gasteiger partial charge in [-0.05, 0) is 6.42 Å². The van der Waals surface area contributed by atoms with E-state index < -0.39 is 0 Å². The molecule has 0 spiro atoms. The summed E-state index contributed by atoms with van der Waals surface area (Å²) in [5.74, 6) is -0.823. The number of carbonyl (C=O) groups excluding carboxylic acids is 3. The molecule has 0 aromatic carbocycles. The quantitative estimate of drug-likeness (QED) is 0.776. The van der Waals surface area contributed by atoms with E-state index in [2.05, 4.69) is 5.32 Å². The lowest BCUT2D eigenvalue weighted by Gasteiger charge is -2.12. The van der Waals surface area contributed by atoms with Crippen molar-refractivity contribution in [2.24, 2.45) is 0 Å². The van der Waals surface area contributed by atoms with Gasteiger partial charge in [-0.25, -0.2) is 0 Å². The lowest BCUT2D eigenvalue weighted by Crippen LogP contribution is -2.34. The number of imide groups is 1. The Balaban J connectivity index is 0. The van der Waals surface area contributed by atoms with Gasteiger partial charge in [-0.1, -0.05) is 34.6 Å². The molecule has 5 heteroatoms. The summed E-state index contributed by atoms with van der Waals surface area (Å²) >= 11 is 0. The van der Waals surface area contributed by atoms with E-state index in [0.29, 0.717) is 6.54 Å². The lowest BCUT2D eigenvalue weighted by molar-refractivity contribution is -0.137. The van der Waals surface area contributed by atoms with Crippen molar-refractivity contribution in [3.63, 3.8) is 0 Å². The predicted octanol–water partition coefficient (Wildman–Crippen LogP) is 1.88. The molecule has 0 bridgehead atoms. The molecule has 0 atom stereocenters. The molecule has 0 unspecified atom stereocenters. The highest BCUT2D eigenvalue weighted by Gasteiger charge is 2.23. The van der Waals surface area contributed by atoms with Gasteiger partial charge in [0.15, 0.2) is 0 Å². The maximum Gasteiger partial charge on any atom is 0.253 e. The fourth-order valence-electron chi connectivity index (χ4n) is 1.22. The van der Waals surface area contributed by atoms with Crippen molar-refractivity contribution in [3.05, 3.63) is 12.2 Å². The zero-order chi connectivity index (χ0) is 15.3. The largest absolute Gasteiger partial charge is 0.356 e. The van der Waals surface area contributed by atoms with Crippen molar-refractivity contribution in [3.8, 4) is 0 Å². The number of hydrogen-bond donors (Lipinski definition) is 1. The number of nitrogens with zero attached hydrogens (tertiary/aromatic N) is 1. The number of rotatable bonds is 5. The van der Waals surface area contributed by atoms with Crippen LogP contribution >= 0.6 is 0 Å². The van der Waals surface area contributed by atoms with Gasteiger partial charge in [0.05, 0.1) is 0 Å². The summed E-state index contributed by atoms with van der Waals surface area (Å²) in [7, 11) is 0. The Morgan fingerprint density at radius 1 is 1.11 bits per heavy atom. The first kappa shape index (κ1) is 19.7. The van der Waals surface area contributed by atoms with Gasteiger partial charge in [-0.3, -0.25) is 19.3 Å². The topological polar surface area (TPSA) is 66.5 Å². The second-order valence-electron chi connectivity index (χ2n) is 3.26. The van der Waals surface area contributed by atoms with Crippen molar-refractivity contribution in [1.82, 2.24) is 10.2 Å². The summed E-state index contributed by atoms with van der Waals surface area (Å²) < 4.78 is 0. The van der Waals surface area contributed by atoms with Crippen LogP contribution in [0, 0.1) is 0 Å². The summed E-state index contributed by atoms with van der Waals surface area (Å²) in [5, 5.41) is 2.68. The molecule has 1 aliphatic rings. The normalized spacial score (nSPS) is 12.4. The SMILES string of the molecule is CC.CC.CCCNC(=O)CCN1C(=O)C=CC1=O. The van der Waals surface area contributed by atoms with Crippen LogP contribution in [0.5, 0.6) is 0 Å². The van der Waals surface area contributed by atoms with Gasteiger partial charge >= 0.3 is 0 Å². The van der Waals surface area contributed by atoms with Crippen molar-refractivity contribution < 1.29 is 14.4 Å². The average molecular weight is 270 g/mol. The van der Waals surface area contributed by atoms with E-state index in [1.807, 2.05) is 34.6 Å². The van der Waals surface area contributed by atoms with Gasteiger partial charge in [0.1, 0.15) is 0 Å². The van der Waals surface area contributed by atoms with Crippen molar-refractivity contribution in [2.75, 3.05) is 13.1 Å². The molecule has 0 aromatic heterocycles. The van der Waals surface area contributed by atoms with Crippen LogP contribution in [0.4, 0.5) is 0 Å². The van der Waals surface area contributed by atoms with E-state index in [1.54, 1.807) is 0 Å². The lowest BCUT2D eigenvalue weighted by atomic mass is 10.3. The molecule has 1 rings (SSSR count). The highest BCUT2D eigenvalue weighted by molar-refractivity contribution is 6.13. The van der Waals surface area contributed by atoms with E-state index in [1.165, 1.54) is 12.2 Å². The van der Waals surface area contributed by atoms with Gasteiger partial charge in [-0.2, -0.15) is 0 Å². The van der Waals surface area contributed by atoms with Crippen LogP contribution in [0.2, 0.25) is 0 Å². The maximum absolute atomic E-state index is 11.2. The molecule has 0 fully saturated rings. The molecule has 19 heavy (non-hydrogen) atoms. The standard InChI is InChI=1S/C10H14N2O3.2C2H6/c1-2-6-11-8(13)5-7-12-9(14)3-4-10(12)15;2*1-2/h3-4H,2,5-7H2,1H3,(H,11,13);2*1-2H3. The Morgan fingerprint density at radius 3 is 2.00 bits per heavy atom. The molecule has 1 aliphatic heterocycles. The zero-order valence-corrected chi connectivity index (χ0v) is 12.7. The van der Waals surface area contributed by atoms with Crippen LogP contribution in [-0.2, 0) is 14.4 Å². The van der Waals surface area contributed by atoms with Crippen LogP contribution < -0.4 is 5.32 Å². The summed E-state index contributed by atoms with van der Waals surface area (Å²) in [6.45, 7) is 10.7. The van der Waals surface area contributed by atoms with Crippen molar-refractivity contribution in [1.29, 1.82) is 0 Å². The van der Waals surface area contributed by atoms with E-state index in [4.69, 9.17) is 0 Å². The third kappa shape index (κ3) is 8.13. The van der Waals surface area contributed by atoms with Crippen LogP contribution in [0.25, 0.3) is 0 Å². The minimum absolute atomic E-state index is 0.135. The molecule has 0 radical (unpaired) electrons. The average Bonchev–Trinajstić information content (AvgIpc) is 2.78. The second-order valence-corrected chi connectivity index (χ2v) is 3.26. The zero-order valence-electron chi connectivity index (χ0n) is 12.7. The molecular weight excluding hydrogens is 244 g/mol. The van der Waals surface area contributed by atoms with Crippen LogP contribution in [-0.4, -0.2) is 35.7 Å². The van der Waals surface area contributed by atoms with E-state index in [9.17, 15) is 14.4 Å². The third-order valence-electron chi connectivity index (χ3n) is 2.04. The first-order valence-corrected chi connectivity index (χ1v) is 6.95. The summed E-state index contributed by atoms with van der Waals surface area (Å²) in [5.41, 5.74) is 0. The van der Waals surface area contributed by atoms with Gasteiger partial charge in [0.25, 0.3) is 11.8 Å². The first-order valence-electron chi connectivity index (χ1n) is 6.95. The third-order valence-corrected chi connectivity index (χ3v) is 2.04. The Kier molecular flexibility index (Phi) is 13.3. The van der Waals surface area contributed by atoms with Gasteiger partial charge in [0, 0.05) is 31.7 Å². The molecular formula is C14H26N2O3. The summed E-state index contributed by atoms with van der Waals surface area (Å²) in [4.78, 5) is 34.4. The molecule has 0 aliphatic carbocycles. The van der Waals surface area contributed by atoms with Crippen LogP contribution in [0.1, 0.15) is 47.5 Å². The molecule has 0 saturated heterocycles. The van der Waals surface area contributed by atoms with Crippen molar-refractivity contribution in [2.45, 2.75) is 47.5 Å². The molecule has 0 aromatic rings. The van der Waals surface area contributed by atoms with Crippen LogP contribution in [0.3, 0.4) is 0 Å². The van der Waals surface area contributed by atoms with Gasteiger partial charge < -0.3 is 5.32 Å². The maximum atomic E-state index is 11.2. The fraction of sp³-hybridized carbons (Fsp3) is 0.643. The smallest absolute Gasteiger partial charge is 0.253 e. The Morgan fingerprint density at radius 2 is 1.58 bits per heavy atom. The molecule has 5 nitrogen and oxygen atoms in total. The summed E-state index contributed by atoms with van der Waals surface area (Å²) in [6.07, 6.45) is 3.46. The Bertz CT molecular complexity index is 294. The first-order chi connectivity index (χ1) is 9.15. The molecule has 3 amide bonds. The minimum atomic E-state index is -0.344. The second kappa shape index (κ2) is 12.8. The number of carbonyl (C=O) groups is 3. The van der Waals surface area contributed by atoms with Crippen molar-refractivity contribution >= 4 is 17.7 Å². The molecule has 1 N–H and O–H groups in total.